The fourth-order valence-electron chi connectivity index (χ4n) is 2.58. The SMILES string of the molecule is NCc1ccnnc1N1CCN(CC2CC2)CC1. The van der Waals surface area contributed by atoms with E-state index in [2.05, 4.69) is 20.0 Å². The van der Waals surface area contributed by atoms with Crippen LogP contribution in [0, 0.1) is 5.92 Å². The second-order valence-electron chi connectivity index (χ2n) is 5.32. The molecular formula is C13H21N5. The highest BCUT2D eigenvalue weighted by Crippen LogP contribution is 2.30. The number of piperazine rings is 1. The zero-order chi connectivity index (χ0) is 12.4. The van der Waals surface area contributed by atoms with Crippen LogP contribution < -0.4 is 10.6 Å². The maximum absolute atomic E-state index is 5.75. The summed E-state index contributed by atoms with van der Waals surface area (Å²) in [6.07, 6.45) is 4.58. The summed E-state index contributed by atoms with van der Waals surface area (Å²) < 4.78 is 0. The Morgan fingerprint density at radius 2 is 2.00 bits per heavy atom. The van der Waals surface area contributed by atoms with Gasteiger partial charge in [-0.25, -0.2) is 0 Å². The van der Waals surface area contributed by atoms with Crippen LogP contribution in [-0.4, -0.2) is 47.8 Å². The van der Waals surface area contributed by atoms with Gasteiger partial charge in [-0.05, 0) is 24.8 Å². The lowest BCUT2D eigenvalue weighted by atomic mass is 10.2. The number of aromatic nitrogens is 2. The van der Waals surface area contributed by atoms with Crippen LogP contribution in [0.4, 0.5) is 5.82 Å². The minimum Gasteiger partial charge on any atom is -0.352 e. The molecule has 0 atom stereocenters. The molecule has 2 heterocycles. The highest BCUT2D eigenvalue weighted by molar-refractivity contribution is 5.45. The van der Waals surface area contributed by atoms with Crippen molar-refractivity contribution in [3.8, 4) is 0 Å². The summed E-state index contributed by atoms with van der Waals surface area (Å²) in [5.41, 5.74) is 6.85. The van der Waals surface area contributed by atoms with E-state index in [9.17, 15) is 0 Å². The van der Waals surface area contributed by atoms with Crippen LogP contribution >= 0.6 is 0 Å². The zero-order valence-electron chi connectivity index (χ0n) is 10.8. The van der Waals surface area contributed by atoms with Gasteiger partial charge in [-0.1, -0.05) is 0 Å². The van der Waals surface area contributed by atoms with Crippen molar-refractivity contribution in [2.75, 3.05) is 37.6 Å². The number of anilines is 1. The van der Waals surface area contributed by atoms with Gasteiger partial charge in [0.15, 0.2) is 5.82 Å². The second-order valence-corrected chi connectivity index (χ2v) is 5.32. The summed E-state index contributed by atoms with van der Waals surface area (Å²) in [4.78, 5) is 4.89. The van der Waals surface area contributed by atoms with Crippen LogP contribution in [0.25, 0.3) is 0 Å². The van der Waals surface area contributed by atoms with E-state index in [1.807, 2.05) is 6.07 Å². The van der Waals surface area contributed by atoms with Crippen molar-refractivity contribution in [1.29, 1.82) is 0 Å². The average molecular weight is 247 g/mol. The van der Waals surface area contributed by atoms with E-state index >= 15 is 0 Å². The normalized spacial score (nSPS) is 21.3. The molecule has 1 aromatic heterocycles. The molecule has 5 nitrogen and oxygen atoms in total. The Kier molecular flexibility index (Phi) is 3.43. The Morgan fingerprint density at radius 3 is 2.67 bits per heavy atom. The molecule has 1 saturated carbocycles. The number of hydrogen-bond acceptors (Lipinski definition) is 5. The van der Waals surface area contributed by atoms with Crippen LogP contribution in [0.15, 0.2) is 12.3 Å². The van der Waals surface area contributed by atoms with E-state index < -0.39 is 0 Å². The van der Waals surface area contributed by atoms with E-state index in [-0.39, 0.29) is 0 Å². The summed E-state index contributed by atoms with van der Waals surface area (Å²) in [5, 5.41) is 8.23. The van der Waals surface area contributed by atoms with E-state index in [4.69, 9.17) is 5.73 Å². The molecule has 18 heavy (non-hydrogen) atoms. The molecular weight excluding hydrogens is 226 g/mol. The topological polar surface area (TPSA) is 58.3 Å². The first-order chi connectivity index (χ1) is 8.86. The Morgan fingerprint density at radius 1 is 1.22 bits per heavy atom. The molecule has 2 aliphatic rings. The third-order valence-electron chi connectivity index (χ3n) is 3.89. The molecule has 0 unspecified atom stereocenters. The molecule has 0 aromatic carbocycles. The molecule has 3 rings (SSSR count). The molecule has 0 amide bonds. The predicted octanol–water partition coefficient (Wildman–Crippen LogP) is 0.467. The molecule has 1 saturated heterocycles. The summed E-state index contributed by atoms with van der Waals surface area (Å²) in [6, 6.07) is 1.97. The lowest BCUT2D eigenvalue weighted by Gasteiger charge is -2.35. The molecule has 0 spiro atoms. The second kappa shape index (κ2) is 5.20. The van der Waals surface area contributed by atoms with E-state index in [0.29, 0.717) is 6.54 Å². The maximum Gasteiger partial charge on any atom is 0.155 e. The maximum atomic E-state index is 5.75. The van der Waals surface area contributed by atoms with Crippen LogP contribution in [0.5, 0.6) is 0 Å². The molecule has 0 bridgehead atoms. The molecule has 1 aliphatic heterocycles. The van der Waals surface area contributed by atoms with Gasteiger partial charge in [0.25, 0.3) is 0 Å². The van der Waals surface area contributed by atoms with Crippen LogP contribution in [0.2, 0.25) is 0 Å². The molecule has 0 radical (unpaired) electrons. The smallest absolute Gasteiger partial charge is 0.155 e. The summed E-state index contributed by atoms with van der Waals surface area (Å²) in [6.45, 7) is 6.18. The van der Waals surface area contributed by atoms with Gasteiger partial charge in [-0.2, -0.15) is 5.10 Å². The van der Waals surface area contributed by atoms with Crippen molar-refractivity contribution in [1.82, 2.24) is 15.1 Å². The number of nitrogens with two attached hydrogens (primary N) is 1. The van der Waals surface area contributed by atoms with Crippen molar-refractivity contribution >= 4 is 5.82 Å². The van der Waals surface area contributed by atoms with E-state index in [1.54, 1.807) is 6.20 Å². The molecule has 98 valence electrons. The molecule has 1 aromatic rings. The fraction of sp³-hybridized carbons (Fsp3) is 0.692. The highest BCUT2D eigenvalue weighted by atomic mass is 15.3. The molecule has 5 heteroatoms. The van der Waals surface area contributed by atoms with Crippen molar-refractivity contribution < 1.29 is 0 Å². The first kappa shape index (κ1) is 11.9. The lowest BCUT2D eigenvalue weighted by Crippen LogP contribution is -2.47. The van der Waals surface area contributed by atoms with Crippen LogP contribution in [0.3, 0.4) is 0 Å². The van der Waals surface area contributed by atoms with E-state index in [1.165, 1.54) is 19.4 Å². The van der Waals surface area contributed by atoms with E-state index in [0.717, 1.165) is 43.5 Å². The van der Waals surface area contributed by atoms with Gasteiger partial charge in [0.05, 0.1) is 6.20 Å². The number of nitrogens with zero attached hydrogens (tertiary/aromatic N) is 4. The summed E-state index contributed by atoms with van der Waals surface area (Å²) in [7, 11) is 0. The van der Waals surface area contributed by atoms with Gasteiger partial charge in [0, 0.05) is 44.8 Å². The third-order valence-corrected chi connectivity index (χ3v) is 3.89. The Hall–Kier alpha value is -1.20. The zero-order valence-corrected chi connectivity index (χ0v) is 10.8. The molecule has 1 aliphatic carbocycles. The fourth-order valence-corrected chi connectivity index (χ4v) is 2.58. The minimum atomic E-state index is 0.535. The van der Waals surface area contributed by atoms with Gasteiger partial charge in [-0.15, -0.1) is 5.10 Å². The van der Waals surface area contributed by atoms with Gasteiger partial charge in [0.2, 0.25) is 0 Å². The van der Waals surface area contributed by atoms with Gasteiger partial charge >= 0.3 is 0 Å². The van der Waals surface area contributed by atoms with Crippen molar-refractivity contribution in [3.05, 3.63) is 17.8 Å². The molecule has 2 N–H and O–H groups in total. The minimum absolute atomic E-state index is 0.535. The number of rotatable bonds is 4. The summed E-state index contributed by atoms with van der Waals surface area (Å²) >= 11 is 0. The predicted molar refractivity (Wildman–Crippen MR) is 71.3 cm³/mol. The Labute approximate surface area is 108 Å². The number of hydrogen-bond donors (Lipinski definition) is 1. The van der Waals surface area contributed by atoms with Crippen LogP contribution in [0.1, 0.15) is 18.4 Å². The molecule has 2 fully saturated rings. The Balaban J connectivity index is 1.60. The van der Waals surface area contributed by atoms with Crippen molar-refractivity contribution in [2.45, 2.75) is 19.4 Å². The van der Waals surface area contributed by atoms with Crippen molar-refractivity contribution in [3.63, 3.8) is 0 Å². The first-order valence-corrected chi connectivity index (χ1v) is 6.85. The van der Waals surface area contributed by atoms with Gasteiger partial charge in [-0.3, -0.25) is 4.90 Å². The summed E-state index contributed by atoms with van der Waals surface area (Å²) in [5.74, 6) is 1.96. The van der Waals surface area contributed by atoms with Gasteiger partial charge in [0.1, 0.15) is 0 Å². The quantitative estimate of drug-likeness (QED) is 0.838. The Bertz CT molecular complexity index is 396. The third kappa shape index (κ3) is 2.62. The standard InChI is InChI=1S/C13H21N5/c14-9-12-3-4-15-16-13(12)18-7-5-17(6-8-18)10-11-1-2-11/h3-4,11H,1-2,5-10,14H2. The first-order valence-electron chi connectivity index (χ1n) is 6.85. The van der Waals surface area contributed by atoms with Crippen molar-refractivity contribution in [2.24, 2.45) is 11.7 Å². The van der Waals surface area contributed by atoms with Gasteiger partial charge < -0.3 is 10.6 Å². The average Bonchev–Trinajstić information content (AvgIpc) is 3.24. The monoisotopic (exact) mass is 247 g/mol. The lowest BCUT2D eigenvalue weighted by molar-refractivity contribution is 0.247. The largest absolute Gasteiger partial charge is 0.352 e. The highest BCUT2D eigenvalue weighted by Gasteiger charge is 2.27. The van der Waals surface area contributed by atoms with Crippen LogP contribution in [-0.2, 0) is 6.54 Å².